The fraction of sp³-hybridized carbons (Fsp3) is 0.875. The maximum absolute atomic E-state index is 11.7. The van der Waals surface area contributed by atoms with Crippen LogP contribution in [0.5, 0.6) is 0 Å². The van der Waals surface area contributed by atoms with E-state index in [1.807, 2.05) is 14.0 Å². The van der Waals surface area contributed by atoms with Crippen LogP contribution in [0.3, 0.4) is 0 Å². The topological polar surface area (TPSA) is 53.9 Å². The molecular weight excluding hydrogens is 266 g/mol. The normalized spacial score (nSPS) is 16.9. The quantitative estimate of drug-likeness (QED) is 0.339. The second-order valence-electron chi connectivity index (χ2n) is 5.55. The molecule has 122 valence electrons. The first-order chi connectivity index (χ1) is 10.2. The highest BCUT2D eigenvalue weighted by atomic mass is 16.5. The number of nitrogens with one attached hydrogen (secondary N) is 1. The standard InChI is InChI=1S/C16H31N3O2/c1-4-6-7-8-11-18-16(17-3)19-12-9-14(10-13-19)15(20)21-5-2/h14H,4-13H2,1-3H3,(H,17,18). The molecule has 0 radical (unpaired) electrons. The van der Waals surface area contributed by atoms with Crippen LogP contribution >= 0.6 is 0 Å². The van der Waals surface area contributed by atoms with Gasteiger partial charge in [-0.1, -0.05) is 26.2 Å². The maximum Gasteiger partial charge on any atom is 0.309 e. The largest absolute Gasteiger partial charge is 0.466 e. The predicted octanol–water partition coefficient (Wildman–Crippen LogP) is 2.42. The second kappa shape index (κ2) is 10.5. The third-order valence-electron chi connectivity index (χ3n) is 3.94. The summed E-state index contributed by atoms with van der Waals surface area (Å²) in [6, 6.07) is 0. The molecule has 1 aliphatic heterocycles. The third-order valence-corrected chi connectivity index (χ3v) is 3.94. The molecule has 1 heterocycles. The Hall–Kier alpha value is -1.26. The van der Waals surface area contributed by atoms with Crippen LogP contribution < -0.4 is 5.32 Å². The van der Waals surface area contributed by atoms with Crippen LogP contribution in [0.25, 0.3) is 0 Å². The third kappa shape index (κ3) is 6.36. The molecule has 1 aliphatic rings. The molecule has 0 aromatic carbocycles. The molecule has 1 N–H and O–H groups in total. The van der Waals surface area contributed by atoms with Gasteiger partial charge in [-0.15, -0.1) is 0 Å². The highest BCUT2D eigenvalue weighted by molar-refractivity contribution is 5.80. The van der Waals surface area contributed by atoms with Gasteiger partial charge in [-0.25, -0.2) is 0 Å². The highest BCUT2D eigenvalue weighted by Crippen LogP contribution is 2.18. The lowest BCUT2D eigenvalue weighted by Crippen LogP contribution is -2.46. The molecule has 0 amide bonds. The van der Waals surface area contributed by atoms with Crippen molar-refractivity contribution >= 4 is 11.9 Å². The van der Waals surface area contributed by atoms with Crippen LogP contribution in [-0.4, -0.2) is 50.1 Å². The lowest BCUT2D eigenvalue weighted by molar-refractivity contribution is -0.149. The zero-order chi connectivity index (χ0) is 15.5. The van der Waals surface area contributed by atoms with Gasteiger partial charge in [0.05, 0.1) is 12.5 Å². The Morgan fingerprint density at radius 3 is 2.52 bits per heavy atom. The van der Waals surface area contributed by atoms with Crippen molar-refractivity contribution in [2.24, 2.45) is 10.9 Å². The Bertz CT molecular complexity index is 323. The van der Waals surface area contributed by atoms with E-state index in [0.717, 1.165) is 38.4 Å². The predicted molar refractivity (Wildman–Crippen MR) is 86.4 cm³/mol. The van der Waals surface area contributed by atoms with Crippen LogP contribution in [0.1, 0.15) is 52.4 Å². The number of likely N-dealkylation sites (tertiary alicyclic amines) is 1. The summed E-state index contributed by atoms with van der Waals surface area (Å²) >= 11 is 0. The Labute approximate surface area is 129 Å². The SMILES string of the molecule is CCCCCCNC(=NC)N1CCC(C(=O)OCC)CC1. The van der Waals surface area contributed by atoms with E-state index in [0.29, 0.717) is 6.61 Å². The number of ether oxygens (including phenoxy) is 1. The van der Waals surface area contributed by atoms with E-state index in [1.54, 1.807) is 0 Å². The van der Waals surface area contributed by atoms with Crippen molar-refractivity contribution < 1.29 is 9.53 Å². The molecule has 0 unspecified atom stereocenters. The van der Waals surface area contributed by atoms with Gasteiger partial charge in [0, 0.05) is 26.7 Å². The van der Waals surface area contributed by atoms with Crippen molar-refractivity contribution in [3.05, 3.63) is 0 Å². The number of carbonyl (C=O) groups excluding carboxylic acids is 1. The van der Waals surface area contributed by atoms with Gasteiger partial charge in [-0.3, -0.25) is 9.79 Å². The molecular formula is C16H31N3O2. The molecule has 0 bridgehead atoms. The summed E-state index contributed by atoms with van der Waals surface area (Å²) in [7, 11) is 1.83. The lowest BCUT2D eigenvalue weighted by Gasteiger charge is -2.33. The smallest absolute Gasteiger partial charge is 0.309 e. The van der Waals surface area contributed by atoms with Gasteiger partial charge in [0.25, 0.3) is 0 Å². The van der Waals surface area contributed by atoms with Gasteiger partial charge in [0.15, 0.2) is 5.96 Å². The van der Waals surface area contributed by atoms with Gasteiger partial charge >= 0.3 is 5.97 Å². The van der Waals surface area contributed by atoms with Crippen molar-refractivity contribution in [1.82, 2.24) is 10.2 Å². The number of hydrogen-bond acceptors (Lipinski definition) is 3. The van der Waals surface area contributed by atoms with Crippen LogP contribution in [0.15, 0.2) is 4.99 Å². The molecule has 21 heavy (non-hydrogen) atoms. The molecule has 0 atom stereocenters. The van der Waals surface area contributed by atoms with E-state index in [1.165, 1.54) is 25.7 Å². The van der Waals surface area contributed by atoms with Gasteiger partial charge in [0.2, 0.25) is 0 Å². The maximum atomic E-state index is 11.7. The summed E-state index contributed by atoms with van der Waals surface area (Å²) < 4.78 is 5.10. The molecule has 1 fully saturated rings. The summed E-state index contributed by atoms with van der Waals surface area (Å²) in [6.07, 6.45) is 6.73. The van der Waals surface area contributed by atoms with Gasteiger partial charge < -0.3 is 15.0 Å². The minimum atomic E-state index is -0.0420. The number of unbranched alkanes of at least 4 members (excludes halogenated alkanes) is 3. The Balaban J connectivity index is 2.28. The highest BCUT2D eigenvalue weighted by Gasteiger charge is 2.27. The first-order valence-electron chi connectivity index (χ1n) is 8.35. The first-order valence-corrected chi connectivity index (χ1v) is 8.35. The number of carbonyl (C=O) groups is 1. The minimum Gasteiger partial charge on any atom is -0.466 e. The summed E-state index contributed by atoms with van der Waals surface area (Å²) in [5, 5.41) is 3.43. The number of esters is 1. The second-order valence-corrected chi connectivity index (χ2v) is 5.55. The fourth-order valence-corrected chi connectivity index (χ4v) is 2.67. The number of nitrogens with zero attached hydrogens (tertiary/aromatic N) is 2. The Morgan fingerprint density at radius 1 is 1.24 bits per heavy atom. The summed E-state index contributed by atoms with van der Waals surface area (Å²) in [6.45, 7) is 7.28. The molecule has 0 spiro atoms. The molecule has 0 aromatic rings. The first kappa shape index (κ1) is 17.8. The van der Waals surface area contributed by atoms with E-state index in [-0.39, 0.29) is 11.9 Å². The van der Waals surface area contributed by atoms with Crippen molar-refractivity contribution in [3.63, 3.8) is 0 Å². The van der Waals surface area contributed by atoms with Gasteiger partial charge in [-0.05, 0) is 26.2 Å². The summed E-state index contributed by atoms with van der Waals surface area (Å²) in [4.78, 5) is 18.3. The number of guanidine groups is 1. The number of aliphatic imine (C=N–C) groups is 1. The average molecular weight is 297 g/mol. The molecule has 0 aliphatic carbocycles. The molecule has 5 nitrogen and oxygen atoms in total. The van der Waals surface area contributed by atoms with Gasteiger partial charge in [0.1, 0.15) is 0 Å². The molecule has 5 heteroatoms. The van der Waals surface area contributed by atoms with Crippen molar-refractivity contribution in [1.29, 1.82) is 0 Å². The van der Waals surface area contributed by atoms with Crippen LogP contribution in [0.4, 0.5) is 0 Å². The van der Waals surface area contributed by atoms with Crippen molar-refractivity contribution in [3.8, 4) is 0 Å². The zero-order valence-corrected chi connectivity index (χ0v) is 13.9. The van der Waals surface area contributed by atoms with E-state index in [9.17, 15) is 4.79 Å². The number of piperidine rings is 1. The molecule has 0 saturated carbocycles. The summed E-state index contributed by atoms with van der Waals surface area (Å²) in [5.74, 6) is 0.984. The Morgan fingerprint density at radius 2 is 1.95 bits per heavy atom. The van der Waals surface area contributed by atoms with E-state index >= 15 is 0 Å². The average Bonchev–Trinajstić information content (AvgIpc) is 2.51. The van der Waals surface area contributed by atoms with Crippen LogP contribution in [0, 0.1) is 5.92 Å². The minimum absolute atomic E-state index is 0.0420. The fourth-order valence-electron chi connectivity index (χ4n) is 2.67. The van der Waals surface area contributed by atoms with Crippen LogP contribution in [0.2, 0.25) is 0 Å². The lowest BCUT2D eigenvalue weighted by atomic mass is 9.97. The molecule has 0 aromatic heterocycles. The Kier molecular flexibility index (Phi) is 8.87. The van der Waals surface area contributed by atoms with E-state index in [2.05, 4.69) is 22.1 Å². The molecule has 1 saturated heterocycles. The number of rotatable bonds is 7. The zero-order valence-electron chi connectivity index (χ0n) is 13.9. The molecule has 1 rings (SSSR count). The van der Waals surface area contributed by atoms with Crippen molar-refractivity contribution in [2.45, 2.75) is 52.4 Å². The van der Waals surface area contributed by atoms with E-state index in [4.69, 9.17) is 4.74 Å². The monoisotopic (exact) mass is 297 g/mol. The summed E-state index contributed by atoms with van der Waals surface area (Å²) in [5.41, 5.74) is 0. The van der Waals surface area contributed by atoms with Gasteiger partial charge in [-0.2, -0.15) is 0 Å². The van der Waals surface area contributed by atoms with Crippen molar-refractivity contribution in [2.75, 3.05) is 33.3 Å². The van der Waals surface area contributed by atoms with E-state index < -0.39 is 0 Å². The van der Waals surface area contributed by atoms with Crippen LogP contribution in [-0.2, 0) is 9.53 Å². The number of hydrogen-bond donors (Lipinski definition) is 1.